The molecule has 0 spiro atoms. The predicted molar refractivity (Wildman–Crippen MR) is 129 cm³/mol. The van der Waals surface area contributed by atoms with Crippen molar-refractivity contribution in [3.63, 3.8) is 0 Å². The Balaban J connectivity index is 1.32. The summed E-state index contributed by atoms with van der Waals surface area (Å²) in [6.07, 6.45) is 0. The van der Waals surface area contributed by atoms with Crippen LogP contribution in [0.1, 0.15) is 0 Å². The van der Waals surface area contributed by atoms with Crippen LogP contribution in [0.3, 0.4) is 0 Å². The molecule has 0 N–H and O–H groups in total. The highest BCUT2D eigenvalue weighted by molar-refractivity contribution is 7.42. The second kappa shape index (κ2) is 6.98. The van der Waals surface area contributed by atoms with Gasteiger partial charge in [-0.2, -0.15) is 0 Å². The van der Waals surface area contributed by atoms with E-state index in [0.29, 0.717) is 0 Å². The molecule has 8 heteroatoms. The van der Waals surface area contributed by atoms with Crippen LogP contribution < -0.4 is 0 Å². The molecule has 0 atom stereocenters. The van der Waals surface area contributed by atoms with Crippen molar-refractivity contribution in [2.75, 3.05) is 0 Å². The normalized spacial score (nSPS) is 11.6. The first-order valence-electron chi connectivity index (χ1n) is 8.39. The van der Waals surface area contributed by atoms with Crippen LogP contribution in [0.4, 0.5) is 0 Å². The molecule has 0 saturated carbocycles. The molecular weight excluding hydrogens is 461 g/mol. The molecule has 0 unspecified atom stereocenters. The van der Waals surface area contributed by atoms with E-state index in [-0.39, 0.29) is 0 Å². The van der Waals surface area contributed by atoms with E-state index >= 15 is 0 Å². The summed E-state index contributed by atoms with van der Waals surface area (Å²) in [6.45, 7) is 0. The Morgan fingerprint density at radius 2 is 1.00 bits per heavy atom. The zero-order valence-electron chi connectivity index (χ0n) is 14.1. The van der Waals surface area contributed by atoms with E-state index in [2.05, 4.69) is 59.3 Å². The van der Waals surface area contributed by atoms with E-state index < -0.39 is 0 Å². The lowest BCUT2D eigenvalue weighted by molar-refractivity contribution is 1.38. The quantitative estimate of drug-likeness (QED) is 0.257. The molecule has 0 amide bonds. The van der Waals surface area contributed by atoms with Crippen LogP contribution in [0.25, 0.3) is 48.9 Å². The third-order valence-corrected chi connectivity index (χ3v) is 11.0. The minimum Gasteiger partial charge on any atom is -0.215 e. The smallest absolute Gasteiger partial charge is 0.182 e. The fraction of sp³-hybridized carbons (Fsp3) is 0. The summed E-state index contributed by atoms with van der Waals surface area (Å²) in [4.78, 5) is 17.3. The first-order valence-corrected chi connectivity index (χ1v) is 13.4. The molecule has 0 bridgehead atoms. The van der Waals surface area contributed by atoms with Crippen molar-refractivity contribution in [1.82, 2.24) is 9.97 Å². The highest BCUT2D eigenvalue weighted by Gasteiger charge is 2.16. The van der Waals surface area contributed by atoms with E-state index in [1.807, 2.05) is 0 Å². The second-order valence-electron chi connectivity index (χ2n) is 5.93. The summed E-state index contributed by atoms with van der Waals surface area (Å²) in [5.74, 6) is 0. The van der Waals surface area contributed by atoms with Gasteiger partial charge < -0.3 is 0 Å². The Labute approximate surface area is 185 Å². The fourth-order valence-corrected chi connectivity index (χ4v) is 8.77. The first kappa shape index (κ1) is 17.2. The van der Waals surface area contributed by atoms with Gasteiger partial charge in [-0.15, -0.1) is 68.0 Å². The average molecular weight is 471 g/mol. The summed E-state index contributed by atoms with van der Waals surface area (Å²) in [7, 11) is 0. The molecule has 0 aromatic carbocycles. The van der Waals surface area contributed by atoms with E-state index in [0.717, 1.165) is 15.7 Å². The predicted octanol–water partition coefficient (Wildman–Crippen LogP) is 8.67. The molecule has 0 aliphatic rings. The Hall–Kier alpha value is -1.68. The second-order valence-corrected chi connectivity index (χ2v) is 12.3. The van der Waals surface area contributed by atoms with Crippen molar-refractivity contribution < 1.29 is 0 Å². The first-order chi connectivity index (χ1) is 13.8. The number of thiophene rings is 4. The number of hydrogen-bond acceptors (Lipinski definition) is 8. The van der Waals surface area contributed by atoms with Crippen LogP contribution >= 0.6 is 68.0 Å². The van der Waals surface area contributed by atoms with Crippen molar-refractivity contribution >= 4 is 77.7 Å². The van der Waals surface area contributed by atoms with Crippen LogP contribution in [0.5, 0.6) is 0 Å². The number of hydrogen-bond donors (Lipinski definition) is 0. The van der Waals surface area contributed by atoms with Crippen molar-refractivity contribution in [1.29, 1.82) is 0 Å². The van der Waals surface area contributed by atoms with Crippen molar-refractivity contribution in [3.05, 3.63) is 59.3 Å². The summed E-state index contributed by atoms with van der Waals surface area (Å²) < 4.78 is 1.20. The maximum absolute atomic E-state index is 4.82. The van der Waals surface area contributed by atoms with E-state index in [1.54, 1.807) is 68.0 Å². The number of fused-ring (bicyclic) bond motifs is 1. The lowest BCUT2D eigenvalue weighted by atomic mass is 10.4. The van der Waals surface area contributed by atoms with Gasteiger partial charge in [0.1, 0.15) is 14.0 Å². The maximum Gasteiger partial charge on any atom is 0.182 e. The standard InChI is InChI=1S/C20H10N2S6/c1-3-11(23-9-1)13-5-7-15(25-13)18-21-17-20(27-18)28-19(22-17)16-8-6-14(26-16)12-4-2-10-24-12/h1-10H. The van der Waals surface area contributed by atoms with Gasteiger partial charge in [-0.3, -0.25) is 0 Å². The summed E-state index contributed by atoms with van der Waals surface area (Å²) in [5, 5.41) is 6.37. The fourth-order valence-electron chi connectivity index (χ4n) is 2.86. The van der Waals surface area contributed by atoms with E-state index in [9.17, 15) is 0 Å². The molecule has 0 fully saturated rings. The lowest BCUT2D eigenvalue weighted by Crippen LogP contribution is -1.72. The summed E-state index contributed by atoms with van der Waals surface area (Å²) in [5.41, 5.74) is 0.872. The molecule has 0 aliphatic heterocycles. The third-order valence-electron chi connectivity index (χ3n) is 4.14. The lowest BCUT2D eigenvalue weighted by Gasteiger charge is -1.90. The average Bonchev–Trinajstić information content (AvgIpc) is 3.54. The Morgan fingerprint density at radius 3 is 1.43 bits per heavy atom. The van der Waals surface area contributed by atoms with Crippen LogP contribution in [0.15, 0.2) is 59.3 Å². The SMILES string of the molecule is c1csc(-c2ccc(-c3nc4nc(-c5ccc(-c6cccs6)s5)sc4s3)s2)c1. The zero-order valence-corrected chi connectivity index (χ0v) is 19.0. The molecule has 28 heavy (non-hydrogen) atoms. The Bertz CT molecular complexity index is 1230. The molecule has 0 aliphatic carbocycles. The number of nitrogens with zero attached hydrogens (tertiary/aromatic N) is 2. The van der Waals surface area contributed by atoms with Gasteiger partial charge in [-0.25, -0.2) is 9.97 Å². The van der Waals surface area contributed by atoms with Gasteiger partial charge >= 0.3 is 0 Å². The Kier molecular flexibility index (Phi) is 4.29. The van der Waals surface area contributed by atoms with Crippen molar-refractivity contribution in [2.24, 2.45) is 0 Å². The molecule has 0 radical (unpaired) electrons. The summed E-state index contributed by atoms with van der Waals surface area (Å²) >= 11 is 10.7. The van der Waals surface area contributed by atoms with Crippen LogP contribution in [0, 0.1) is 0 Å². The molecule has 6 heterocycles. The Morgan fingerprint density at radius 1 is 0.500 bits per heavy atom. The number of rotatable bonds is 4. The van der Waals surface area contributed by atoms with Crippen LogP contribution in [0.2, 0.25) is 0 Å². The maximum atomic E-state index is 4.82. The van der Waals surface area contributed by atoms with Gasteiger partial charge in [0, 0.05) is 19.5 Å². The van der Waals surface area contributed by atoms with Crippen molar-refractivity contribution in [3.8, 4) is 39.3 Å². The number of aromatic nitrogens is 2. The largest absolute Gasteiger partial charge is 0.215 e. The van der Waals surface area contributed by atoms with Crippen LogP contribution in [-0.2, 0) is 0 Å². The molecule has 0 saturated heterocycles. The topological polar surface area (TPSA) is 25.8 Å². The minimum atomic E-state index is 0.872. The molecule has 136 valence electrons. The summed E-state index contributed by atoms with van der Waals surface area (Å²) in [6, 6.07) is 17.3. The van der Waals surface area contributed by atoms with E-state index in [4.69, 9.17) is 9.97 Å². The highest BCUT2D eigenvalue weighted by Crippen LogP contribution is 2.43. The minimum absolute atomic E-state index is 0.872. The van der Waals surface area contributed by atoms with Crippen LogP contribution in [-0.4, -0.2) is 9.97 Å². The molecule has 6 rings (SSSR count). The van der Waals surface area contributed by atoms with Gasteiger partial charge in [0.2, 0.25) is 0 Å². The third kappa shape index (κ3) is 3.01. The van der Waals surface area contributed by atoms with Gasteiger partial charge in [0.25, 0.3) is 0 Å². The molecule has 6 aromatic rings. The van der Waals surface area contributed by atoms with Gasteiger partial charge in [-0.1, -0.05) is 12.1 Å². The number of thiazole rings is 2. The van der Waals surface area contributed by atoms with Gasteiger partial charge in [-0.05, 0) is 47.2 Å². The molecule has 6 aromatic heterocycles. The van der Waals surface area contributed by atoms with Gasteiger partial charge in [0.05, 0.1) is 9.75 Å². The molecule has 2 nitrogen and oxygen atoms in total. The van der Waals surface area contributed by atoms with E-state index in [1.165, 1.54) is 33.3 Å². The van der Waals surface area contributed by atoms with Crippen molar-refractivity contribution in [2.45, 2.75) is 0 Å². The highest BCUT2D eigenvalue weighted by atomic mass is 32.2. The van der Waals surface area contributed by atoms with Gasteiger partial charge in [0.15, 0.2) is 5.65 Å². The monoisotopic (exact) mass is 470 g/mol. The molecular formula is C20H10N2S6. The zero-order chi connectivity index (χ0) is 18.5.